The Morgan fingerprint density at radius 1 is 1.41 bits per heavy atom. The summed E-state index contributed by atoms with van der Waals surface area (Å²) in [5, 5.41) is 8.65. The summed E-state index contributed by atoms with van der Waals surface area (Å²) in [4.78, 5) is 2.29. The van der Waals surface area contributed by atoms with Crippen molar-refractivity contribution in [1.82, 2.24) is 0 Å². The Morgan fingerprint density at radius 2 is 2.24 bits per heavy atom. The molecule has 1 N–H and O–H groups in total. The lowest BCUT2D eigenvalue weighted by molar-refractivity contribution is 0.0947. The molecule has 1 aliphatic rings. The third kappa shape index (κ3) is 2.90. The van der Waals surface area contributed by atoms with Crippen molar-refractivity contribution in [3.63, 3.8) is 0 Å². The molecule has 4 heteroatoms. The van der Waals surface area contributed by atoms with E-state index < -0.39 is 0 Å². The van der Waals surface area contributed by atoms with Crippen LogP contribution in [-0.2, 0) is 4.74 Å². The van der Waals surface area contributed by atoms with Gasteiger partial charge in [-0.3, -0.25) is 0 Å². The van der Waals surface area contributed by atoms with Gasteiger partial charge in [-0.15, -0.1) is 0 Å². The predicted molar refractivity (Wildman–Crippen MR) is 66.6 cm³/mol. The summed E-state index contributed by atoms with van der Waals surface area (Å²) in [5.74, 6) is 0.938. The minimum Gasteiger partial charge on any atom is -0.489 e. The van der Waals surface area contributed by atoms with Crippen molar-refractivity contribution in [2.24, 2.45) is 0 Å². The molecule has 1 aliphatic heterocycles. The number of aliphatic hydroxyl groups is 1. The highest BCUT2D eigenvalue weighted by molar-refractivity contribution is 5.60. The molecule has 0 radical (unpaired) electrons. The van der Waals surface area contributed by atoms with Crippen LogP contribution < -0.4 is 9.64 Å². The van der Waals surface area contributed by atoms with E-state index in [2.05, 4.69) is 17.9 Å². The standard InChI is InChI=1S/C13H19NO3/c1-11-10-17-13-5-3-2-4-12(13)14(11)6-8-16-9-7-15/h2-5,11,15H,6-10H2,1H3. The van der Waals surface area contributed by atoms with Gasteiger partial charge in [0.1, 0.15) is 12.4 Å². The predicted octanol–water partition coefficient (Wildman–Crippen LogP) is 1.28. The van der Waals surface area contributed by atoms with Crippen LogP contribution >= 0.6 is 0 Å². The zero-order valence-electron chi connectivity index (χ0n) is 10.1. The fraction of sp³-hybridized carbons (Fsp3) is 0.538. The molecule has 1 aromatic carbocycles. The first-order valence-corrected chi connectivity index (χ1v) is 6.00. The number of hydrogen-bond acceptors (Lipinski definition) is 4. The molecule has 0 saturated heterocycles. The Morgan fingerprint density at radius 3 is 3.06 bits per heavy atom. The molecule has 0 saturated carbocycles. The van der Waals surface area contributed by atoms with Crippen molar-refractivity contribution >= 4 is 5.69 Å². The highest BCUT2D eigenvalue weighted by Gasteiger charge is 2.23. The number of ether oxygens (including phenoxy) is 2. The van der Waals surface area contributed by atoms with Crippen LogP contribution in [0.25, 0.3) is 0 Å². The maximum atomic E-state index is 8.65. The average Bonchev–Trinajstić information content (AvgIpc) is 2.37. The maximum absolute atomic E-state index is 8.65. The third-order valence-electron chi connectivity index (χ3n) is 2.90. The molecule has 0 amide bonds. The van der Waals surface area contributed by atoms with Crippen molar-refractivity contribution < 1.29 is 14.6 Å². The summed E-state index contributed by atoms with van der Waals surface area (Å²) < 4.78 is 11.0. The molecule has 0 bridgehead atoms. The Hall–Kier alpha value is -1.26. The molecule has 1 aromatic rings. The van der Waals surface area contributed by atoms with Crippen molar-refractivity contribution in [3.05, 3.63) is 24.3 Å². The van der Waals surface area contributed by atoms with E-state index in [1.807, 2.05) is 18.2 Å². The van der Waals surface area contributed by atoms with Crippen LogP contribution in [0.4, 0.5) is 5.69 Å². The van der Waals surface area contributed by atoms with Crippen LogP contribution in [0, 0.1) is 0 Å². The van der Waals surface area contributed by atoms with Gasteiger partial charge in [0.25, 0.3) is 0 Å². The molecule has 4 nitrogen and oxygen atoms in total. The number of nitrogens with zero attached hydrogens (tertiary/aromatic N) is 1. The minimum absolute atomic E-state index is 0.0786. The van der Waals surface area contributed by atoms with Gasteiger partial charge in [-0.25, -0.2) is 0 Å². The Labute approximate surface area is 102 Å². The highest BCUT2D eigenvalue weighted by atomic mass is 16.5. The molecule has 0 aliphatic carbocycles. The number of para-hydroxylation sites is 2. The average molecular weight is 237 g/mol. The van der Waals surface area contributed by atoms with Crippen LogP contribution in [0.2, 0.25) is 0 Å². The van der Waals surface area contributed by atoms with Crippen molar-refractivity contribution in [1.29, 1.82) is 0 Å². The molecule has 94 valence electrons. The minimum atomic E-state index is 0.0786. The number of benzene rings is 1. The fourth-order valence-electron chi connectivity index (χ4n) is 2.02. The number of fused-ring (bicyclic) bond motifs is 1. The zero-order valence-corrected chi connectivity index (χ0v) is 10.1. The first-order valence-electron chi connectivity index (χ1n) is 6.00. The van der Waals surface area contributed by atoms with Gasteiger partial charge in [0.2, 0.25) is 0 Å². The van der Waals surface area contributed by atoms with Gasteiger partial charge in [0.05, 0.1) is 31.5 Å². The van der Waals surface area contributed by atoms with Crippen LogP contribution in [0.5, 0.6) is 5.75 Å². The summed E-state index contributed by atoms with van der Waals surface area (Å²) in [6.45, 7) is 4.77. The molecule has 17 heavy (non-hydrogen) atoms. The lowest BCUT2D eigenvalue weighted by Crippen LogP contribution is -2.42. The molecule has 0 fully saturated rings. The topological polar surface area (TPSA) is 41.9 Å². The summed E-state index contributed by atoms with van der Waals surface area (Å²) in [5.41, 5.74) is 1.12. The number of aliphatic hydroxyl groups excluding tert-OH is 1. The summed E-state index contributed by atoms with van der Waals surface area (Å²) in [7, 11) is 0. The maximum Gasteiger partial charge on any atom is 0.142 e. The second-order valence-electron chi connectivity index (χ2n) is 4.16. The van der Waals surface area contributed by atoms with E-state index in [0.29, 0.717) is 25.9 Å². The molecule has 1 unspecified atom stereocenters. The molecule has 1 atom stereocenters. The van der Waals surface area contributed by atoms with Crippen LogP contribution in [0.15, 0.2) is 24.3 Å². The van der Waals surface area contributed by atoms with E-state index >= 15 is 0 Å². The van der Waals surface area contributed by atoms with Crippen molar-refractivity contribution in [3.8, 4) is 5.75 Å². The largest absolute Gasteiger partial charge is 0.489 e. The third-order valence-corrected chi connectivity index (χ3v) is 2.90. The van der Waals surface area contributed by atoms with Gasteiger partial charge >= 0.3 is 0 Å². The fourth-order valence-corrected chi connectivity index (χ4v) is 2.02. The number of anilines is 1. The molecular formula is C13H19NO3. The van der Waals surface area contributed by atoms with Crippen LogP contribution in [0.1, 0.15) is 6.92 Å². The second-order valence-corrected chi connectivity index (χ2v) is 4.16. The molecule has 2 rings (SSSR count). The normalized spacial score (nSPS) is 18.7. The summed E-state index contributed by atoms with van der Waals surface area (Å²) >= 11 is 0. The first-order chi connectivity index (χ1) is 8.33. The lowest BCUT2D eigenvalue weighted by atomic mass is 10.2. The van der Waals surface area contributed by atoms with Crippen LogP contribution in [0.3, 0.4) is 0 Å². The van der Waals surface area contributed by atoms with E-state index in [9.17, 15) is 0 Å². The van der Waals surface area contributed by atoms with Gasteiger partial charge in [-0.1, -0.05) is 12.1 Å². The number of rotatable bonds is 5. The SMILES string of the molecule is CC1COc2ccccc2N1CCOCCO. The molecule has 0 aromatic heterocycles. The summed E-state index contributed by atoms with van der Waals surface area (Å²) in [6, 6.07) is 8.40. The second kappa shape index (κ2) is 5.89. The Bertz CT molecular complexity index is 356. The van der Waals surface area contributed by atoms with E-state index in [4.69, 9.17) is 14.6 Å². The zero-order chi connectivity index (χ0) is 12.1. The van der Waals surface area contributed by atoms with Gasteiger partial charge in [-0.05, 0) is 19.1 Å². The van der Waals surface area contributed by atoms with Crippen molar-refractivity contribution in [2.45, 2.75) is 13.0 Å². The van der Waals surface area contributed by atoms with E-state index in [1.165, 1.54) is 0 Å². The first kappa shape index (κ1) is 12.2. The van der Waals surface area contributed by atoms with Gasteiger partial charge in [-0.2, -0.15) is 0 Å². The van der Waals surface area contributed by atoms with Gasteiger partial charge in [0, 0.05) is 6.54 Å². The smallest absolute Gasteiger partial charge is 0.142 e. The van der Waals surface area contributed by atoms with Gasteiger partial charge in [0.15, 0.2) is 0 Å². The van der Waals surface area contributed by atoms with E-state index in [0.717, 1.165) is 18.0 Å². The quantitative estimate of drug-likeness (QED) is 0.783. The molecular weight excluding hydrogens is 218 g/mol. The molecule has 1 heterocycles. The summed E-state index contributed by atoms with van der Waals surface area (Å²) in [6.07, 6.45) is 0. The van der Waals surface area contributed by atoms with Crippen molar-refractivity contribution in [2.75, 3.05) is 37.9 Å². The Kier molecular flexibility index (Phi) is 4.23. The monoisotopic (exact) mass is 237 g/mol. The van der Waals surface area contributed by atoms with Gasteiger partial charge < -0.3 is 19.5 Å². The highest BCUT2D eigenvalue weighted by Crippen LogP contribution is 2.32. The lowest BCUT2D eigenvalue weighted by Gasteiger charge is -2.36. The molecule has 0 spiro atoms. The Balaban J connectivity index is 2.00. The van der Waals surface area contributed by atoms with E-state index in [-0.39, 0.29) is 6.61 Å². The van der Waals surface area contributed by atoms with Crippen LogP contribution in [-0.4, -0.2) is 44.1 Å². The van der Waals surface area contributed by atoms with E-state index in [1.54, 1.807) is 0 Å². The number of hydrogen-bond donors (Lipinski definition) is 1.